The molecule has 1 heterocycles. The molecule has 2 aromatic rings. The van der Waals surface area contributed by atoms with Gasteiger partial charge in [-0.1, -0.05) is 30.3 Å². The van der Waals surface area contributed by atoms with Gasteiger partial charge in [-0.3, -0.25) is 0 Å². The summed E-state index contributed by atoms with van der Waals surface area (Å²) < 4.78 is 44.7. The first-order valence-electron chi connectivity index (χ1n) is 7.83. The monoisotopic (exact) mass is 460 g/mol. The Morgan fingerprint density at radius 2 is 1.39 bits per heavy atom. The van der Waals surface area contributed by atoms with Crippen LogP contribution in [0.15, 0.2) is 36.4 Å². The summed E-state index contributed by atoms with van der Waals surface area (Å²) in [4.78, 5) is 0. The van der Waals surface area contributed by atoms with Crippen LogP contribution in [0.2, 0.25) is 0 Å². The quantitative estimate of drug-likeness (QED) is 0.384. The summed E-state index contributed by atoms with van der Waals surface area (Å²) in [7, 11) is 0. The number of benzene rings is 1. The van der Waals surface area contributed by atoms with E-state index in [1.54, 1.807) is 0 Å². The molecule has 1 aromatic heterocycles. The van der Waals surface area contributed by atoms with Crippen molar-refractivity contribution in [2.45, 2.75) is 27.7 Å². The Balaban J connectivity index is -0.000000180. The second kappa shape index (κ2) is 29.6. The van der Waals surface area contributed by atoms with E-state index in [2.05, 4.69) is 70.9 Å². The van der Waals surface area contributed by atoms with Crippen molar-refractivity contribution >= 4 is 5.70 Å². The summed E-state index contributed by atoms with van der Waals surface area (Å²) in [5.74, 6) is 0. The maximum absolute atomic E-state index is 7.50. The van der Waals surface area contributed by atoms with Crippen LogP contribution in [0.4, 0.5) is 0 Å². The zero-order valence-corrected chi connectivity index (χ0v) is 18.7. The largest absolute Gasteiger partial charge is 0 e. The number of nitrogens with zero attached hydrogens (tertiary/aromatic N) is 2. The van der Waals surface area contributed by atoms with Crippen molar-refractivity contribution in [3.63, 3.8) is 0 Å². The van der Waals surface area contributed by atoms with E-state index in [0.717, 1.165) is 22.6 Å². The number of aryl methyl sites for hydroxylation is 1. The first-order valence-corrected chi connectivity index (χ1v) is 7.83. The maximum atomic E-state index is 7.50. The normalized spacial score (nSPS) is 8.00. The Morgan fingerprint density at radius 1 is 0.935 bits per heavy atom. The van der Waals surface area contributed by atoms with Gasteiger partial charge in [0, 0.05) is 29.7 Å². The van der Waals surface area contributed by atoms with Crippen molar-refractivity contribution in [1.29, 1.82) is 0 Å². The Bertz CT molecular complexity index is 783. The van der Waals surface area contributed by atoms with Crippen molar-refractivity contribution < 1.29 is 45.4 Å². The topological polar surface area (TPSA) is 127 Å². The fourth-order valence-corrected chi connectivity index (χ4v) is 2.01. The Morgan fingerprint density at radius 3 is 1.74 bits per heavy atom. The molecule has 0 aliphatic heterocycles. The average Bonchev–Trinajstić information content (AvgIpc) is 3.11. The van der Waals surface area contributed by atoms with E-state index < -0.39 is 0 Å². The molecule has 0 aliphatic carbocycles. The molecule has 0 aliphatic rings. The van der Waals surface area contributed by atoms with Crippen LogP contribution in [0.3, 0.4) is 0 Å². The molecule has 0 spiro atoms. The minimum atomic E-state index is 0. The van der Waals surface area contributed by atoms with Crippen molar-refractivity contribution in [1.82, 2.24) is 9.78 Å². The van der Waals surface area contributed by atoms with Gasteiger partial charge in [0.15, 0.2) is 6.61 Å². The van der Waals surface area contributed by atoms with Gasteiger partial charge in [0.2, 0.25) is 0 Å². The Labute approximate surface area is 194 Å². The number of hydrogen-bond acceptors (Lipinski definition) is 2. The van der Waals surface area contributed by atoms with Gasteiger partial charge in [0.25, 0.3) is 0 Å². The summed E-state index contributed by atoms with van der Waals surface area (Å²) >= 11 is 0. The predicted molar refractivity (Wildman–Crippen MR) is 101 cm³/mol. The van der Waals surface area contributed by atoms with Gasteiger partial charge in [-0.25, -0.2) is 4.68 Å². The fourth-order valence-electron chi connectivity index (χ4n) is 2.01. The molecular weight excluding hydrogens is 440 g/mol. The molecule has 0 saturated heterocycles. The molecular formula is C22H20CrN2O6. The van der Waals surface area contributed by atoms with Gasteiger partial charge >= 0.3 is 56.5 Å². The Kier molecular flexibility index (Phi) is 37.1. The molecule has 31 heavy (non-hydrogen) atoms. The molecule has 0 fully saturated rings. The van der Waals surface area contributed by atoms with E-state index in [1.807, 2.05) is 42.8 Å². The molecule has 0 atom stereocenters. The number of hydrogen-bond donors (Lipinski definition) is 0. The van der Waals surface area contributed by atoms with Crippen LogP contribution >= 0.6 is 0 Å². The average molecular weight is 460 g/mol. The Hall–Kier alpha value is -2.64. The van der Waals surface area contributed by atoms with E-state index in [0.29, 0.717) is 6.61 Å². The van der Waals surface area contributed by atoms with E-state index >= 15 is 0 Å². The number of ether oxygens (including phenoxy) is 1. The third-order valence-electron chi connectivity index (χ3n) is 3.37. The zero-order chi connectivity index (χ0) is 24.5. The molecule has 160 valence electrons. The molecule has 1 aromatic carbocycles. The van der Waals surface area contributed by atoms with Crippen LogP contribution in [0, 0.1) is 60.6 Å². The molecule has 8 nitrogen and oxygen atoms in total. The van der Waals surface area contributed by atoms with Gasteiger partial charge in [-0.2, -0.15) is 5.10 Å². The second-order valence-electron chi connectivity index (χ2n) is 4.65. The minimum absolute atomic E-state index is 0. The minimum Gasteiger partial charge on any atom is 0 e. The number of rotatable bonds is 5. The van der Waals surface area contributed by atoms with Gasteiger partial charge in [-0.15, -0.1) is 0 Å². The van der Waals surface area contributed by atoms with Crippen LogP contribution in [0.1, 0.15) is 29.4 Å². The standard InChI is InChI=1S/C17H20N2O.5CO.Cr/c1-5-20-12-11-17(16-9-7-6-8-10-16)19-15(4)13(2)14(3)18-19;5*1-2;/h6-11H,5H2,1-4H3;;;;;;/b17-11+;;;;;;. The number of aromatic nitrogens is 2. The van der Waals surface area contributed by atoms with Gasteiger partial charge in [-0.05, 0) is 44.9 Å². The summed E-state index contributed by atoms with van der Waals surface area (Å²) in [5, 5.41) is 4.62. The molecule has 0 saturated carbocycles. The van der Waals surface area contributed by atoms with E-state index in [1.165, 1.54) is 5.56 Å². The molecule has 9 heteroatoms. The second-order valence-corrected chi connectivity index (χ2v) is 4.65. The van der Waals surface area contributed by atoms with Crippen LogP contribution in [0.25, 0.3) is 5.70 Å². The SMILES string of the molecule is CCO[C]/C=C(\c1ccccc1)n1nc(C)c(C)c1C.[C-]#[O+].[C-]#[O+].[C-]#[O+].[C-]#[O+].[C-]#[O+].[Cr]. The summed E-state index contributed by atoms with van der Waals surface area (Å²) in [6.45, 7) is 34.1. The van der Waals surface area contributed by atoms with Gasteiger partial charge in [0.1, 0.15) is 0 Å². The third-order valence-corrected chi connectivity index (χ3v) is 3.37. The first kappa shape index (κ1) is 38.9. The fraction of sp³-hybridized carbons (Fsp3) is 0.227. The molecule has 0 unspecified atom stereocenters. The molecule has 0 amide bonds. The van der Waals surface area contributed by atoms with Crippen molar-refractivity contribution in [3.05, 3.63) is 98.8 Å². The van der Waals surface area contributed by atoms with Crippen LogP contribution < -0.4 is 0 Å². The summed E-state index contributed by atoms with van der Waals surface area (Å²) in [6.07, 6.45) is 1.84. The summed E-state index contributed by atoms with van der Waals surface area (Å²) in [5.41, 5.74) is 5.44. The first-order chi connectivity index (χ1) is 14.6. The maximum Gasteiger partial charge on any atom is 0 e. The third kappa shape index (κ3) is 14.9. The van der Waals surface area contributed by atoms with Crippen molar-refractivity contribution in [3.8, 4) is 0 Å². The van der Waals surface area contributed by atoms with Crippen molar-refractivity contribution in [2.75, 3.05) is 6.61 Å². The smallest absolute Gasteiger partial charge is 0 e. The molecule has 0 N–H and O–H groups in total. The summed E-state index contributed by atoms with van der Waals surface area (Å²) in [6, 6.07) is 10.2. The molecule has 2 rings (SSSR count). The van der Waals surface area contributed by atoms with Crippen LogP contribution in [-0.2, 0) is 45.4 Å². The predicted octanol–water partition coefficient (Wildman–Crippen LogP) is 3.58. The van der Waals surface area contributed by atoms with Crippen molar-refractivity contribution in [2.24, 2.45) is 0 Å². The van der Waals surface area contributed by atoms with Gasteiger partial charge in [0.05, 0.1) is 11.4 Å². The molecule has 0 bridgehead atoms. The molecule has 2 radical (unpaired) electrons. The van der Waals surface area contributed by atoms with E-state index in [4.69, 9.17) is 28.0 Å². The van der Waals surface area contributed by atoms with Crippen LogP contribution in [-0.4, -0.2) is 16.4 Å². The van der Waals surface area contributed by atoms with E-state index in [-0.39, 0.29) is 17.4 Å². The zero-order valence-electron chi connectivity index (χ0n) is 17.4. The van der Waals surface area contributed by atoms with E-state index in [9.17, 15) is 0 Å². The van der Waals surface area contributed by atoms with Crippen LogP contribution in [0.5, 0.6) is 0 Å². The van der Waals surface area contributed by atoms with Gasteiger partial charge < -0.3 is 4.74 Å².